The van der Waals surface area contributed by atoms with Gasteiger partial charge in [0, 0.05) is 25.3 Å². The van der Waals surface area contributed by atoms with Crippen LogP contribution in [0.25, 0.3) is 0 Å². The van der Waals surface area contributed by atoms with E-state index in [1.54, 1.807) is 25.4 Å². The van der Waals surface area contributed by atoms with E-state index in [0.717, 1.165) is 18.8 Å². The lowest BCUT2D eigenvalue weighted by molar-refractivity contribution is 0.0946. The topological polar surface area (TPSA) is 66.5 Å². The van der Waals surface area contributed by atoms with E-state index in [1.165, 1.54) is 0 Å². The molecule has 2 N–H and O–H groups in total. The molecule has 0 aliphatic carbocycles. The third-order valence-corrected chi connectivity index (χ3v) is 4.23. The average molecular weight is 356 g/mol. The summed E-state index contributed by atoms with van der Waals surface area (Å²) in [7, 11) is 1.61. The van der Waals surface area contributed by atoms with Gasteiger partial charge in [-0.05, 0) is 44.7 Å². The number of benzene rings is 1. The average Bonchev–Trinajstić information content (AvgIpc) is 2.65. The number of anilines is 2. The van der Waals surface area contributed by atoms with Crippen molar-refractivity contribution in [2.24, 2.45) is 0 Å². The highest BCUT2D eigenvalue weighted by atomic mass is 16.5. The largest absolute Gasteiger partial charge is 0.495 e. The van der Waals surface area contributed by atoms with Crippen LogP contribution in [0.2, 0.25) is 0 Å². The molecule has 6 heteroatoms. The van der Waals surface area contributed by atoms with Crippen LogP contribution < -0.4 is 15.4 Å². The van der Waals surface area contributed by atoms with E-state index in [0.29, 0.717) is 29.7 Å². The summed E-state index contributed by atoms with van der Waals surface area (Å²) in [4.78, 5) is 19.2. The number of carbonyl (C=O) groups excluding carboxylic acids is 1. The molecule has 0 spiro atoms. The molecule has 0 atom stereocenters. The second-order valence-electron chi connectivity index (χ2n) is 6.20. The zero-order valence-electron chi connectivity index (χ0n) is 16.0. The number of hydrogen-bond acceptors (Lipinski definition) is 5. The van der Waals surface area contributed by atoms with Gasteiger partial charge in [-0.1, -0.05) is 19.1 Å². The van der Waals surface area contributed by atoms with Crippen molar-refractivity contribution >= 4 is 17.4 Å². The maximum atomic E-state index is 12.6. The predicted octanol–water partition coefficient (Wildman–Crippen LogP) is 3.29. The monoisotopic (exact) mass is 356 g/mol. The molecular weight excluding hydrogens is 328 g/mol. The van der Waals surface area contributed by atoms with Gasteiger partial charge in [0.15, 0.2) is 0 Å². The molecule has 1 aromatic carbocycles. The molecule has 0 radical (unpaired) electrons. The van der Waals surface area contributed by atoms with Crippen molar-refractivity contribution in [3.8, 4) is 5.75 Å². The summed E-state index contributed by atoms with van der Waals surface area (Å²) >= 11 is 0. The molecule has 0 bridgehead atoms. The van der Waals surface area contributed by atoms with Crippen molar-refractivity contribution < 1.29 is 9.53 Å². The maximum absolute atomic E-state index is 12.6. The quantitative estimate of drug-likeness (QED) is 0.722. The minimum absolute atomic E-state index is 0.143. The van der Waals surface area contributed by atoms with Crippen LogP contribution in [0.3, 0.4) is 0 Å². The van der Waals surface area contributed by atoms with Gasteiger partial charge in [0.1, 0.15) is 11.6 Å². The molecule has 140 valence electrons. The minimum atomic E-state index is -0.143. The first-order valence-corrected chi connectivity index (χ1v) is 8.94. The Morgan fingerprint density at radius 1 is 1.23 bits per heavy atom. The van der Waals surface area contributed by atoms with Gasteiger partial charge in [-0.25, -0.2) is 4.98 Å². The first-order chi connectivity index (χ1) is 12.6. The van der Waals surface area contributed by atoms with Gasteiger partial charge in [-0.2, -0.15) is 0 Å². The van der Waals surface area contributed by atoms with Gasteiger partial charge < -0.3 is 15.4 Å². The Labute approximate surface area is 155 Å². The number of carbonyl (C=O) groups is 1. The lowest BCUT2D eigenvalue weighted by Gasteiger charge is -2.24. The number of nitrogens with zero attached hydrogens (tertiary/aromatic N) is 2. The zero-order valence-corrected chi connectivity index (χ0v) is 16.0. The number of para-hydroxylation sites is 2. The lowest BCUT2D eigenvalue weighted by Crippen LogP contribution is -2.38. The van der Waals surface area contributed by atoms with E-state index in [2.05, 4.69) is 41.3 Å². The number of likely N-dealkylation sites (N-methyl/N-ethyl adjacent to an activating group) is 1. The van der Waals surface area contributed by atoms with E-state index < -0.39 is 0 Å². The van der Waals surface area contributed by atoms with Crippen LogP contribution in [-0.2, 0) is 0 Å². The van der Waals surface area contributed by atoms with Crippen molar-refractivity contribution in [1.82, 2.24) is 15.2 Å². The highest BCUT2D eigenvalue weighted by Gasteiger charge is 2.14. The van der Waals surface area contributed by atoms with Crippen molar-refractivity contribution in [3.05, 3.63) is 48.2 Å². The van der Waals surface area contributed by atoms with Gasteiger partial charge in [0.2, 0.25) is 0 Å². The Balaban J connectivity index is 2.07. The number of ether oxygens (including phenoxy) is 1. The highest BCUT2D eigenvalue weighted by Crippen LogP contribution is 2.27. The number of nitrogens with one attached hydrogen (secondary N) is 2. The first kappa shape index (κ1) is 19.7. The van der Waals surface area contributed by atoms with Crippen molar-refractivity contribution in [2.45, 2.75) is 26.8 Å². The van der Waals surface area contributed by atoms with Crippen molar-refractivity contribution in [1.29, 1.82) is 0 Å². The van der Waals surface area contributed by atoms with Gasteiger partial charge in [-0.15, -0.1) is 0 Å². The normalized spacial score (nSPS) is 10.8. The zero-order chi connectivity index (χ0) is 18.9. The smallest absolute Gasteiger partial charge is 0.255 e. The van der Waals surface area contributed by atoms with E-state index in [1.807, 2.05) is 24.3 Å². The van der Waals surface area contributed by atoms with Crippen LogP contribution in [0.4, 0.5) is 11.5 Å². The van der Waals surface area contributed by atoms with Crippen LogP contribution in [0.15, 0.2) is 42.6 Å². The number of pyridine rings is 1. The molecule has 0 saturated heterocycles. The van der Waals surface area contributed by atoms with Crippen molar-refractivity contribution in [3.63, 3.8) is 0 Å². The SMILES string of the molecule is CCN(CCNC(=O)c1cccnc1Nc1ccccc1OC)C(C)C. The Bertz CT molecular complexity index is 718. The Morgan fingerprint density at radius 3 is 2.69 bits per heavy atom. The maximum Gasteiger partial charge on any atom is 0.255 e. The third kappa shape index (κ3) is 5.20. The number of aromatic nitrogens is 1. The standard InChI is InChI=1S/C20H28N4O2/c1-5-24(15(2)3)14-13-22-20(25)16-9-8-12-21-19(16)23-17-10-6-7-11-18(17)26-4/h6-12,15H,5,13-14H2,1-4H3,(H,21,23)(H,22,25). The summed E-state index contributed by atoms with van der Waals surface area (Å²) in [6.45, 7) is 8.80. The molecule has 26 heavy (non-hydrogen) atoms. The Hall–Kier alpha value is -2.60. The molecule has 0 saturated carbocycles. The molecular formula is C20H28N4O2. The van der Waals surface area contributed by atoms with Crippen LogP contribution in [0.5, 0.6) is 5.75 Å². The lowest BCUT2D eigenvalue weighted by atomic mass is 10.2. The van der Waals surface area contributed by atoms with Gasteiger partial charge in [0.25, 0.3) is 5.91 Å². The fourth-order valence-electron chi connectivity index (χ4n) is 2.75. The number of methoxy groups -OCH3 is 1. The Kier molecular flexibility index (Phi) is 7.41. The van der Waals surface area contributed by atoms with E-state index in [9.17, 15) is 4.79 Å². The number of amides is 1. The molecule has 0 unspecified atom stereocenters. The summed E-state index contributed by atoms with van der Waals surface area (Å²) in [6, 6.07) is 11.5. The van der Waals surface area contributed by atoms with E-state index >= 15 is 0 Å². The third-order valence-electron chi connectivity index (χ3n) is 4.23. The number of hydrogen-bond donors (Lipinski definition) is 2. The molecule has 0 fully saturated rings. The van der Waals surface area contributed by atoms with E-state index in [4.69, 9.17) is 4.74 Å². The molecule has 1 heterocycles. The summed E-state index contributed by atoms with van der Waals surface area (Å²) < 4.78 is 5.35. The van der Waals surface area contributed by atoms with Crippen LogP contribution in [0.1, 0.15) is 31.1 Å². The van der Waals surface area contributed by atoms with E-state index in [-0.39, 0.29) is 5.91 Å². The van der Waals surface area contributed by atoms with Crippen LogP contribution in [-0.4, -0.2) is 48.6 Å². The Morgan fingerprint density at radius 2 is 2.00 bits per heavy atom. The molecule has 2 rings (SSSR count). The van der Waals surface area contributed by atoms with Crippen LogP contribution >= 0.6 is 0 Å². The summed E-state index contributed by atoms with van der Waals surface area (Å²) in [5.41, 5.74) is 1.27. The molecule has 0 aliphatic rings. The predicted molar refractivity (Wildman–Crippen MR) is 105 cm³/mol. The highest BCUT2D eigenvalue weighted by molar-refractivity contribution is 5.99. The second-order valence-corrected chi connectivity index (χ2v) is 6.20. The van der Waals surface area contributed by atoms with Gasteiger partial charge >= 0.3 is 0 Å². The molecule has 1 aromatic heterocycles. The van der Waals surface area contributed by atoms with Gasteiger partial charge in [0.05, 0.1) is 18.4 Å². The molecule has 2 aromatic rings. The molecule has 1 amide bonds. The summed E-state index contributed by atoms with van der Waals surface area (Å²) in [5, 5.41) is 6.18. The minimum Gasteiger partial charge on any atom is -0.495 e. The first-order valence-electron chi connectivity index (χ1n) is 8.94. The van der Waals surface area contributed by atoms with Gasteiger partial charge in [-0.3, -0.25) is 9.69 Å². The second kappa shape index (κ2) is 9.77. The fourth-order valence-corrected chi connectivity index (χ4v) is 2.75. The number of rotatable bonds is 9. The fraction of sp³-hybridized carbons (Fsp3) is 0.400. The van der Waals surface area contributed by atoms with Crippen LogP contribution in [0, 0.1) is 0 Å². The molecule has 6 nitrogen and oxygen atoms in total. The molecule has 0 aliphatic heterocycles. The summed E-state index contributed by atoms with van der Waals surface area (Å²) in [6.07, 6.45) is 1.66. The summed E-state index contributed by atoms with van der Waals surface area (Å²) in [5.74, 6) is 1.06. The van der Waals surface area contributed by atoms with Crippen molar-refractivity contribution in [2.75, 3.05) is 32.1 Å².